The number of rotatable bonds is 7. The first kappa shape index (κ1) is 20.8. The molecule has 0 spiro atoms. The summed E-state index contributed by atoms with van der Waals surface area (Å²) in [6.45, 7) is 4.28. The van der Waals surface area contributed by atoms with E-state index in [-0.39, 0.29) is 23.8 Å². The zero-order valence-electron chi connectivity index (χ0n) is 15.9. The molecule has 150 valence electrons. The van der Waals surface area contributed by atoms with Gasteiger partial charge in [-0.2, -0.15) is 5.10 Å². The number of nitro benzene ring substituents is 1. The lowest BCUT2D eigenvalue weighted by molar-refractivity contribution is -0.384. The summed E-state index contributed by atoms with van der Waals surface area (Å²) >= 11 is 2.18. The van der Waals surface area contributed by atoms with E-state index in [1.807, 2.05) is 32.0 Å². The molecule has 0 saturated carbocycles. The maximum Gasteiger partial charge on any atom is 0.275 e. The number of hydrogen-bond donors (Lipinski definition) is 1. The Morgan fingerprint density at radius 2 is 2.03 bits per heavy atom. The number of halogens is 1. The van der Waals surface area contributed by atoms with Crippen molar-refractivity contribution in [1.29, 1.82) is 0 Å². The first-order valence-corrected chi connectivity index (χ1v) is 9.91. The van der Waals surface area contributed by atoms with E-state index in [2.05, 4.69) is 33.0 Å². The van der Waals surface area contributed by atoms with Gasteiger partial charge < -0.3 is 10.1 Å². The predicted octanol–water partition coefficient (Wildman–Crippen LogP) is 4.83. The van der Waals surface area contributed by atoms with Crippen LogP contribution in [0, 0.1) is 27.5 Å². The van der Waals surface area contributed by atoms with E-state index in [0.29, 0.717) is 18.0 Å². The van der Waals surface area contributed by atoms with Crippen molar-refractivity contribution in [3.05, 3.63) is 73.6 Å². The molecule has 0 bridgehead atoms. The highest BCUT2D eigenvalue weighted by atomic mass is 127. The second-order valence-electron chi connectivity index (χ2n) is 6.49. The van der Waals surface area contributed by atoms with Crippen molar-refractivity contribution >= 4 is 39.9 Å². The molecule has 0 aliphatic rings. The molecular weight excluding hydrogens is 487 g/mol. The zero-order valence-corrected chi connectivity index (χ0v) is 18.0. The lowest BCUT2D eigenvalue weighted by Gasteiger charge is -2.10. The molecule has 3 rings (SSSR count). The fourth-order valence-corrected chi connectivity index (χ4v) is 3.12. The number of ether oxygens (including phenoxy) is 1. The first-order chi connectivity index (χ1) is 13.8. The van der Waals surface area contributed by atoms with E-state index in [4.69, 9.17) is 4.74 Å². The summed E-state index contributed by atoms with van der Waals surface area (Å²) in [7, 11) is 0. The lowest BCUT2D eigenvalue weighted by atomic mass is 10.2. The SMILES string of the molecule is Cc1cccc(Oc2cc(NC(=O)CCn3ncc(I)c3C)cc([N+](=O)[O-])c2)c1. The maximum atomic E-state index is 12.3. The molecule has 0 aliphatic carbocycles. The largest absolute Gasteiger partial charge is 0.457 e. The molecule has 0 fully saturated rings. The van der Waals surface area contributed by atoms with Gasteiger partial charge in [0, 0.05) is 24.2 Å². The molecule has 3 aromatic rings. The number of amides is 1. The topological polar surface area (TPSA) is 99.3 Å². The minimum Gasteiger partial charge on any atom is -0.457 e. The molecule has 1 aromatic heterocycles. The molecule has 0 aliphatic heterocycles. The third-order valence-corrected chi connectivity index (χ3v) is 5.26. The molecule has 0 atom stereocenters. The standard InChI is InChI=1S/C20H19IN4O4/c1-13-4-3-5-17(8-13)29-18-10-15(9-16(11-18)25(27)28)23-20(26)6-7-24-14(2)19(21)12-22-24/h3-5,8-12H,6-7H2,1-2H3,(H,23,26). The molecule has 0 unspecified atom stereocenters. The van der Waals surface area contributed by atoms with E-state index in [1.165, 1.54) is 12.1 Å². The number of carbonyl (C=O) groups excluding carboxylic acids is 1. The number of nitro groups is 1. The van der Waals surface area contributed by atoms with Crippen LogP contribution in [0.15, 0.2) is 48.7 Å². The quantitative estimate of drug-likeness (QED) is 0.281. The second-order valence-corrected chi connectivity index (χ2v) is 7.65. The first-order valence-electron chi connectivity index (χ1n) is 8.83. The van der Waals surface area contributed by atoms with E-state index < -0.39 is 4.92 Å². The van der Waals surface area contributed by atoms with Gasteiger partial charge in [-0.1, -0.05) is 12.1 Å². The van der Waals surface area contributed by atoms with Crippen LogP contribution in [-0.2, 0) is 11.3 Å². The van der Waals surface area contributed by atoms with Crippen LogP contribution in [0.3, 0.4) is 0 Å². The molecule has 1 N–H and O–H groups in total. The highest BCUT2D eigenvalue weighted by molar-refractivity contribution is 14.1. The third kappa shape index (κ3) is 5.53. The fraction of sp³-hybridized carbons (Fsp3) is 0.200. The van der Waals surface area contributed by atoms with Gasteiger partial charge in [0.05, 0.1) is 33.0 Å². The molecule has 2 aromatic carbocycles. The minimum atomic E-state index is -0.520. The van der Waals surface area contributed by atoms with Crippen LogP contribution in [0.25, 0.3) is 0 Å². The Morgan fingerprint density at radius 3 is 2.69 bits per heavy atom. The highest BCUT2D eigenvalue weighted by Crippen LogP contribution is 2.30. The summed E-state index contributed by atoms with van der Waals surface area (Å²) in [5.74, 6) is 0.570. The summed E-state index contributed by atoms with van der Waals surface area (Å²) in [6, 6.07) is 11.5. The maximum absolute atomic E-state index is 12.3. The number of aromatic nitrogens is 2. The number of aryl methyl sites for hydroxylation is 2. The number of non-ortho nitro benzene ring substituents is 1. The van der Waals surface area contributed by atoms with Crippen molar-refractivity contribution < 1.29 is 14.5 Å². The van der Waals surface area contributed by atoms with Crippen LogP contribution in [-0.4, -0.2) is 20.6 Å². The van der Waals surface area contributed by atoms with Crippen LogP contribution < -0.4 is 10.1 Å². The van der Waals surface area contributed by atoms with Crippen molar-refractivity contribution in [1.82, 2.24) is 9.78 Å². The van der Waals surface area contributed by atoms with Crippen LogP contribution in [0.1, 0.15) is 17.7 Å². The van der Waals surface area contributed by atoms with Gasteiger partial charge in [-0.15, -0.1) is 0 Å². The Bertz CT molecular complexity index is 1060. The molecule has 29 heavy (non-hydrogen) atoms. The number of benzene rings is 2. The number of anilines is 1. The average Bonchev–Trinajstić information content (AvgIpc) is 2.98. The fourth-order valence-electron chi connectivity index (χ4n) is 2.71. The van der Waals surface area contributed by atoms with Crippen molar-refractivity contribution in [2.45, 2.75) is 26.8 Å². The van der Waals surface area contributed by atoms with Gasteiger partial charge in [0.15, 0.2) is 0 Å². The predicted molar refractivity (Wildman–Crippen MR) is 117 cm³/mol. The van der Waals surface area contributed by atoms with Crippen LogP contribution >= 0.6 is 22.6 Å². The van der Waals surface area contributed by atoms with Crippen LogP contribution in [0.5, 0.6) is 11.5 Å². The van der Waals surface area contributed by atoms with Gasteiger partial charge >= 0.3 is 0 Å². The van der Waals surface area contributed by atoms with Crippen molar-refractivity contribution in [2.75, 3.05) is 5.32 Å². The number of hydrogen-bond acceptors (Lipinski definition) is 5. The van der Waals surface area contributed by atoms with Crippen LogP contribution in [0.2, 0.25) is 0 Å². The summed E-state index contributed by atoms with van der Waals surface area (Å²) in [6.07, 6.45) is 1.93. The number of nitrogens with one attached hydrogen (secondary N) is 1. The molecule has 1 amide bonds. The Balaban J connectivity index is 1.73. The average molecular weight is 506 g/mol. The molecule has 1 heterocycles. The summed E-state index contributed by atoms with van der Waals surface area (Å²) in [5.41, 5.74) is 2.13. The van der Waals surface area contributed by atoms with Gasteiger partial charge in [-0.05, 0) is 54.1 Å². The number of nitrogens with zero attached hydrogens (tertiary/aromatic N) is 3. The monoisotopic (exact) mass is 506 g/mol. The van der Waals surface area contributed by atoms with E-state index in [9.17, 15) is 14.9 Å². The van der Waals surface area contributed by atoms with Crippen molar-refractivity contribution in [3.8, 4) is 11.5 Å². The lowest BCUT2D eigenvalue weighted by Crippen LogP contribution is -2.15. The van der Waals surface area contributed by atoms with E-state index >= 15 is 0 Å². The number of carbonyl (C=O) groups is 1. The molecular formula is C20H19IN4O4. The second kappa shape index (κ2) is 9.03. The summed E-state index contributed by atoms with van der Waals surface area (Å²) in [5, 5.41) is 18.2. The molecule has 0 radical (unpaired) electrons. The van der Waals surface area contributed by atoms with Gasteiger partial charge in [0.2, 0.25) is 5.91 Å². The van der Waals surface area contributed by atoms with E-state index in [0.717, 1.165) is 14.8 Å². The minimum absolute atomic E-state index is 0.164. The smallest absolute Gasteiger partial charge is 0.275 e. The van der Waals surface area contributed by atoms with Gasteiger partial charge in [-0.25, -0.2) is 0 Å². The van der Waals surface area contributed by atoms with Gasteiger partial charge in [0.1, 0.15) is 11.5 Å². The van der Waals surface area contributed by atoms with Crippen molar-refractivity contribution in [2.24, 2.45) is 0 Å². The van der Waals surface area contributed by atoms with E-state index in [1.54, 1.807) is 23.0 Å². The van der Waals surface area contributed by atoms with Gasteiger partial charge in [0.25, 0.3) is 5.69 Å². The summed E-state index contributed by atoms with van der Waals surface area (Å²) < 4.78 is 8.53. The Hall–Kier alpha value is -2.95. The van der Waals surface area contributed by atoms with Crippen molar-refractivity contribution in [3.63, 3.8) is 0 Å². The third-order valence-electron chi connectivity index (χ3n) is 4.21. The molecule has 9 heteroatoms. The Labute approximate surface area is 181 Å². The Morgan fingerprint density at radius 1 is 1.24 bits per heavy atom. The molecule has 8 nitrogen and oxygen atoms in total. The highest BCUT2D eigenvalue weighted by Gasteiger charge is 2.14. The summed E-state index contributed by atoms with van der Waals surface area (Å²) in [4.78, 5) is 23.1. The zero-order chi connectivity index (χ0) is 21.0. The Kier molecular flexibility index (Phi) is 6.47. The van der Waals surface area contributed by atoms with Crippen LogP contribution in [0.4, 0.5) is 11.4 Å². The normalized spacial score (nSPS) is 10.6. The molecule has 0 saturated heterocycles. The van der Waals surface area contributed by atoms with Gasteiger partial charge in [-0.3, -0.25) is 19.6 Å².